The summed E-state index contributed by atoms with van der Waals surface area (Å²) in [6, 6.07) is 10.9. The van der Waals surface area contributed by atoms with Crippen molar-refractivity contribution in [1.29, 1.82) is 0 Å². The number of carbonyl (C=O) groups excluding carboxylic acids is 1. The molecule has 2 unspecified atom stereocenters. The van der Waals surface area contributed by atoms with E-state index in [-0.39, 0.29) is 50.9 Å². The molecule has 14 nitrogen and oxygen atoms in total. The number of benzene rings is 2. The van der Waals surface area contributed by atoms with Crippen LogP contribution in [0.3, 0.4) is 0 Å². The molecule has 0 spiro atoms. The molecule has 1 fully saturated rings. The van der Waals surface area contributed by atoms with Gasteiger partial charge in [0.25, 0.3) is 0 Å². The van der Waals surface area contributed by atoms with Gasteiger partial charge in [-0.05, 0) is 57.9 Å². The predicted octanol–water partition coefficient (Wildman–Crippen LogP) is 0.839. The van der Waals surface area contributed by atoms with E-state index >= 15 is 0 Å². The van der Waals surface area contributed by atoms with Crippen LogP contribution in [0, 0.1) is 0 Å². The average Bonchev–Trinajstić information content (AvgIpc) is 3.67. The van der Waals surface area contributed by atoms with Gasteiger partial charge in [0.05, 0.1) is 50.8 Å². The number of ether oxygens (including phenoxy) is 5. The molecule has 0 aromatic heterocycles. The number of alkyl carbamates (subject to hydrolysis) is 1. The molecule has 0 radical (unpaired) electrons. The molecule has 3 aliphatic rings. The number of hydrogen-bond acceptors (Lipinski definition) is 13. The number of hydrogen-bond donors (Lipinski definition) is 6. The summed E-state index contributed by atoms with van der Waals surface area (Å²) in [7, 11) is -2.15. The van der Waals surface area contributed by atoms with Gasteiger partial charge in [0, 0.05) is 36.9 Å². The van der Waals surface area contributed by atoms with Crippen LogP contribution in [-0.2, 0) is 23.5 Å². The van der Waals surface area contributed by atoms with Crippen molar-refractivity contribution in [3.8, 4) is 11.5 Å². The lowest BCUT2D eigenvalue weighted by atomic mass is 9.78. The summed E-state index contributed by atoms with van der Waals surface area (Å²) in [5, 5.41) is 40.9. The van der Waals surface area contributed by atoms with Crippen molar-refractivity contribution in [2.75, 3.05) is 39.5 Å². The summed E-state index contributed by atoms with van der Waals surface area (Å²) in [6.07, 6.45) is -1.16. The Hall–Kier alpha value is -2.63. The SMILES string of the molecule is CC(C)(C)OC(=O)NCC1OB(O)c2c(OCC[C@H]3COC(C)(C)O3)cccc21.Cl.NCC1OB(O)c2c(OCC[C@H](O)CO)cccc21. The summed E-state index contributed by atoms with van der Waals surface area (Å²) in [5.41, 5.74) is 7.80. The van der Waals surface area contributed by atoms with Gasteiger partial charge in [-0.25, -0.2) is 4.79 Å². The molecule has 7 N–H and O–H groups in total. The Morgan fingerprint density at radius 3 is 2.12 bits per heavy atom. The maximum absolute atomic E-state index is 11.9. The van der Waals surface area contributed by atoms with E-state index < -0.39 is 43.9 Å². The highest BCUT2D eigenvalue weighted by molar-refractivity contribution is 6.63. The van der Waals surface area contributed by atoms with Crippen LogP contribution < -0.4 is 31.4 Å². The smallest absolute Gasteiger partial charge is 0.494 e. The second-order valence-corrected chi connectivity index (χ2v) is 13.2. The number of carbonyl (C=O) groups is 1. The zero-order chi connectivity index (χ0) is 35.1. The Balaban J connectivity index is 0.000000283. The van der Waals surface area contributed by atoms with Crippen molar-refractivity contribution in [3.05, 3.63) is 47.5 Å². The quantitative estimate of drug-likeness (QED) is 0.170. The van der Waals surface area contributed by atoms with Crippen molar-refractivity contribution in [2.24, 2.45) is 5.73 Å². The van der Waals surface area contributed by atoms with Crippen LogP contribution in [0.4, 0.5) is 4.79 Å². The maximum Gasteiger partial charge on any atom is 0.495 e. The summed E-state index contributed by atoms with van der Waals surface area (Å²) in [4.78, 5) is 11.9. The van der Waals surface area contributed by atoms with Gasteiger partial charge < -0.3 is 64.3 Å². The van der Waals surface area contributed by atoms with Crippen molar-refractivity contribution >= 4 is 43.7 Å². The van der Waals surface area contributed by atoms with E-state index in [4.69, 9.17) is 43.8 Å². The molecule has 17 heteroatoms. The molecule has 2 aromatic carbocycles. The number of nitrogens with two attached hydrogens (primary N) is 1. The molecule has 1 saturated heterocycles. The van der Waals surface area contributed by atoms with E-state index in [1.165, 1.54) is 0 Å². The number of aliphatic hydroxyl groups is 2. The molecular weight excluding hydrogens is 661 g/mol. The lowest BCUT2D eigenvalue weighted by Gasteiger charge is -2.21. The van der Waals surface area contributed by atoms with Gasteiger partial charge in [0.2, 0.25) is 0 Å². The Labute approximate surface area is 294 Å². The van der Waals surface area contributed by atoms with Gasteiger partial charge in [0.1, 0.15) is 17.1 Å². The monoisotopic (exact) mass is 710 g/mol. The molecule has 49 heavy (non-hydrogen) atoms. The molecular formula is C32H49B2ClN2O12. The minimum atomic E-state index is -1.11. The Bertz CT molecular complexity index is 1370. The molecule has 4 atom stereocenters. The van der Waals surface area contributed by atoms with Gasteiger partial charge >= 0.3 is 20.3 Å². The number of nitrogens with one attached hydrogen (secondary N) is 1. The third-order valence-electron chi connectivity index (χ3n) is 7.70. The molecule has 0 saturated carbocycles. The topological polar surface area (TPSA) is 201 Å². The third kappa shape index (κ3) is 11.4. The highest BCUT2D eigenvalue weighted by atomic mass is 35.5. The highest BCUT2D eigenvalue weighted by Gasteiger charge is 2.39. The first-order valence-electron chi connectivity index (χ1n) is 16.2. The van der Waals surface area contributed by atoms with E-state index in [1.54, 1.807) is 39.0 Å². The molecule has 3 heterocycles. The lowest BCUT2D eigenvalue weighted by molar-refractivity contribution is -0.139. The molecule has 3 aliphatic heterocycles. The first kappa shape index (κ1) is 40.8. The minimum absolute atomic E-state index is 0. The van der Waals surface area contributed by atoms with Crippen molar-refractivity contribution < 1.29 is 58.0 Å². The highest BCUT2D eigenvalue weighted by Crippen LogP contribution is 2.29. The normalized spacial score (nSPS) is 21.1. The van der Waals surface area contributed by atoms with Crippen LogP contribution in [0.25, 0.3) is 0 Å². The average molecular weight is 711 g/mol. The first-order chi connectivity index (χ1) is 22.7. The Morgan fingerprint density at radius 2 is 1.59 bits per heavy atom. The zero-order valence-electron chi connectivity index (χ0n) is 28.6. The van der Waals surface area contributed by atoms with Crippen molar-refractivity contribution in [3.63, 3.8) is 0 Å². The van der Waals surface area contributed by atoms with Gasteiger partial charge in [-0.1, -0.05) is 24.3 Å². The van der Waals surface area contributed by atoms with Gasteiger partial charge in [0.15, 0.2) is 5.79 Å². The van der Waals surface area contributed by atoms with Gasteiger partial charge in [-0.3, -0.25) is 0 Å². The van der Waals surface area contributed by atoms with Crippen molar-refractivity contribution in [2.45, 2.75) is 83.3 Å². The summed E-state index contributed by atoms with van der Waals surface area (Å²) in [6.45, 7) is 10.5. The lowest BCUT2D eigenvalue weighted by Crippen LogP contribution is -2.35. The van der Waals surface area contributed by atoms with E-state index in [1.807, 2.05) is 32.0 Å². The van der Waals surface area contributed by atoms with Crippen LogP contribution in [0.1, 0.15) is 70.8 Å². The maximum atomic E-state index is 11.9. The van der Waals surface area contributed by atoms with Gasteiger partial charge in [-0.15, -0.1) is 12.4 Å². The van der Waals surface area contributed by atoms with Crippen molar-refractivity contribution in [1.82, 2.24) is 5.32 Å². The molecule has 2 aromatic rings. The van der Waals surface area contributed by atoms with E-state index in [0.29, 0.717) is 48.5 Å². The molecule has 272 valence electrons. The van der Waals surface area contributed by atoms with E-state index in [2.05, 4.69) is 5.32 Å². The van der Waals surface area contributed by atoms with Gasteiger partial charge in [-0.2, -0.15) is 0 Å². The first-order valence-corrected chi connectivity index (χ1v) is 16.2. The molecule has 0 aliphatic carbocycles. The molecule has 0 bridgehead atoms. The minimum Gasteiger partial charge on any atom is -0.494 e. The fourth-order valence-corrected chi connectivity index (χ4v) is 5.49. The van der Waals surface area contributed by atoms with Crippen LogP contribution >= 0.6 is 12.4 Å². The second-order valence-electron chi connectivity index (χ2n) is 13.2. The number of fused-ring (bicyclic) bond motifs is 2. The second kappa shape index (κ2) is 18.0. The van der Waals surface area contributed by atoms with Crippen LogP contribution in [-0.4, -0.2) is 104 Å². The molecule has 5 rings (SSSR count). The fraction of sp³-hybridized carbons (Fsp3) is 0.594. The largest absolute Gasteiger partial charge is 0.495 e. The number of rotatable bonds is 12. The number of aliphatic hydroxyl groups excluding tert-OH is 2. The summed E-state index contributed by atoms with van der Waals surface area (Å²) < 4.78 is 39.0. The van der Waals surface area contributed by atoms with Crippen LogP contribution in [0.15, 0.2) is 36.4 Å². The third-order valence-corrected chi connectivity index (χ3v) is 7.70. The summed E-state index contributed by atoms with van der Waals surface area (Å²) in [5.74, 6) is 0.524. The number of amides is 1. The predicted molar refractivity (Wildman–Crippen MR) is 185 cm³/mol. The number of halogens is 1. The Morgan fingerprint density at radius 1 is 1.02 bits per heavy atom. The fourth-order valence-electron chi connectivity index (χ4n) is 5.49. The Kier molecular flexibility index (Phi) is 15.0. The van der Waals surface area contributed by atoms with E-state index in [0.717, 1.165) is 11.1 Å². The van der Waals surface area contributed by atoms with E-state index in [9.17, 15) is 19.9 Å². The molecule has 1 amide bonds. The summed E-state index contributed by atoms with van der Waals surface area (Å²) >= 11 is 0. The zero-order valence-corrected chi connectivity index (χ0v) is 29.4. The van der Waals surface area contributed by atoms with Crippen LogP contribution in [0.5, 0.6) is 11.5 Å². The van der Waals surface area contributed by atoms with Crippen LogP contribution in [0.2, 0.25) is 0 Å². The standard InChI is InChI=1S/C20H30BNO7.C12H18BNO5.ClH/c1-19(2,3)28-18(23)22-11-16-14-7-6-8-15(17(14)21(24)29-16)25-10-9-13-12-26-20(4,5)27-13;14-6-11-9-2-1-3-10(12(9)13(17)19-11)18-5-4-8(16)7-15;/h6-8,13,16,24H,9-12H2,1-5H3,(H,22,23);1-3,8,11,15-17H,4-7,14H2;1H/t13-,16?;8-,11?;/m00./s1.